The summed E-state index contributed by atoms with van der Waals surface area (Å²) in [4.78, 5) is 11.5. The van der Waals surface area contributed by atoms with E-state index in [2.05, 4.69) is 5.32 Å². The van der Waals surface area contributed by atoms with E-state index in [-0.39, 0.29) is 24.4 Å². The monoisotopic (exact) mass is 290 g/mol. The number of amides is 1. The van der Waals surface area contributed by atoms with E-state index < -0.39 is 0 Å². The highest BCUT2D eigenvalue weighted by Crippen LogP contribution is 2.10. The molecule has 1 unspecified atom stereocenters. The highest BCUT2D eigenvalue weighted by Gasteiger charge is 2.02. The standard InChI is InChI=1S/C13H19ClN2O.ClH/c1-10(15)8-9-16-13(17)7-4-11-2-5-12(14)6-3-11;/h2-3,5-6,10H,4,7-9,15H2,1H3,(H,16,17);1H. The van der Waals surface area contributed by atoms with Gasteiger partial charge in [-0.2, -0.15) is 0 Å². The summed E-state index contributed by atoms with van der Waals surface area (Å²) in [5.41, 5.74) is 6.72. The van der Waals surface area contributed by atoms with Crippen molar-refractivity contribution in [3.05, 3.63) is 34.9 Å². The van der Waals surface area contributed by atoms with Gasteiger partial charge >= 0.3 is 0 Å². The van der Waals surface area contributed by atoms with Crippen LogP contribution in [0.2, 0.25) is 5.02 Å². The zero-order chi connectivity index (χ0) is 12.7. The van der Waals surface area contributed by atoms with Crippen molar-refractivity contribution in [2.45, 2.75) is 32.2 Å². The first-order valence-corrected chi connectivity index (χ1v) is 6.22. The van der Waals surface area contributed by atoms with Crippen LogP contribution in [-0.2, 0) is 11.2 Å². The van der Waals surface area contributed by atoms with Gasteiger partial charge in [0, 0.05) is 24.0 Å². The molecule has 1 rings (SSSR count). The Morgan fingerprint density at radius 2 is 2.00 bits per heavy atom. The molecule has 0 aliphatic rings. The van der Waals surface area contributed by atoms with Crippen molar-refractivity contribution >= 4 is 29.9 Å². The van der Waals surface area contributed by atoms with Gasteiger partial charge in [-0.15, -0.1) is 12.4 Å². The Labute approximate surface area is 119 Å². The minimum atomic E-state index is 0. The van der Waals surface area contributed by atoms with E-state index in [1.165, 1.54) is 0 Å². The highest BCUT2D eigenvalue weighted by molar-refractivity contribution is 6.30. The van der Waals surface area contributed by atoms with E-state index >= 15 is 0 Å². The molecule has 0 saturated carbocycles. The predicted molar refractivity (Wildman–Crippen MR) is 78.3 cm³/mol. The van der Waals surface area contributed by atoms with Crippen molar-refractivity contribution in [2.75, 3.05) is 6.54 Å². The van der Waals surface area contributed by atoms with Crippen molar-refractivity contribution in [1.29, 1.82) is 0 Å². The van der Waals surface area contributed by atoms with Gasteiger partial charge in [-0.1, -0.05) is 23.7 Å². The van der Waals surface area contributed by atoms with Gasteiger partial charge in [-0.05, 0) is 37.5 Å². The Bertz CT molecular complexity index is 353. The molecule has 3 N–H and O–H groups in total. The Hall–Kier alpha value is -0.770. The third kappa shape index (κ3) is 7.54. The SMILES string of the molecule is CC(N)CCNC(=O)CCc1ccc(Cl)cc1.Cl. The fourth-order valence-electron chi connectivity index (χ4n) is 1.44. The first kappa shape index (κ1) is 17.2. The number of hydrogen-bond acceptors (Lipinski definition) is 2. The van der Waals surface area contributed by atoms with Crippen LogP contribution in [0.1, 0.15) is 25.3 Å². The molecule has 18 heavy (non-hydrogen) atoms. The van der Waals surface area contributed by atoms with E-state index in [4.69, 9.17) is 17.3 Å². The van der Waals surface area contributed by atoms with Gasteiger partial charge in [0.25, 0.3) is 0 Å². The number of nitrogens with one attached hydrogen (secondary N) is 1. The number of benzene rings is 1. The Balaban J connectivity index is 0.00000289. The fourth-order valence-corrected chi connectivity index (χ4v) is 1.56. The number of carbonyl (C=O) groups excluding carboxylic acids is 1. The molecule has 0 fully saturated rings. The van der Waals surface area contributed by atoms with Gasteiger partial charge in [-0.3, -0.25) is 4.79 Å². The maximum absolute atomic E-state index is 11.5. The molecule has 3 nitrogen and oxygen atoms in total. The molecule has 5 heteroatoms. The zero-order valence-corrected chi connectivity index (χ0v) is 12.1. The summed E-state index contributed by atoms with van der Waals surface area (Å²) in [6, 6.07) is 7.69. The minimum absolute atomic E-state index is 0. The average molecular weight is 291 g/mol. The lowest BCUT2D eigenvalue weighted by Gasteiger charge is -2.07. The van der Waals surface area contributed by atoms with Gasteiger partial charge < -0.3 is 11.1 Å². The summed E-state index contributed by atoms with van der Waals surface area (Å²) in [5.74, 6) is 0.0700. The average Bonchev–Trinajstić information content (AvgIpc) is 2.28. The van der Waals surface area contributed by atoms with E-state index in [9.17, 15) is 4.79 Å². The van der Waals surface area contributed by atoms with Crippen molar-refractivity contribution in [2.24, 2.45) is 5.73 Å². The molecule has 102 valence electrons. The molecule has 0 radical (unpaired) electrons. The lowest BCUT2D eigenvalue weighted by Crippen LogP contribution is -2.29. The van der Waals surface area contributed by atoms with Crippen molar-refractivity contribution in [1.82, 2.24) is 5.32 Å². The Morgan fingerprint density at radius 1 is 1.39 bits per heavy atom. The lowest BCUT2D eigenvalue weighted by atomic mass is 10.1. The third-order valence-electron chi connectivity index (χ3n) is 2.48. The number of rotatable bonds is 6. The summed E-state index contributed by atoms with van der Waals surface area (Å²) in [6.07, 6.45) is 2.05. The van der Waals surface area contributed by atoms with E-state index in [1.54, 1.807) is 0 Å². The molecule has 0 spiro atoms. The van der Waals surface area contributed by atoms with E-state index in [1.807, 2.05) is 31.2 Å². The predicted octanol–water partition coefficient (Wildman–Crippen LogP) is 2.55. The lowest BCUT2D eigenvalue weighted by molar-refractivity contribution is -0.121. The van der Waals surface area contributed by atoms with Gasteiger partial charge in [0.2, 0.25) is 5.91 Å². The van der Waals surface area contributed by atoms with Crippen LogP contribution in [-0.4, -0.2) is 18.5 Å². The molecule has 1 aromatic carbocycles. The Morgan fingerprint density at radius 3 is 2.56 bits per heavy atom. The second-order valence-electron chi connectivity index (χ2n) is 4.24. The van der Waals surface area contributed by atoms with Crippen LogP contribution in [0.3, 0.4) is 0 Å². The first-order valence-electron chi connectivity index (χ1n) is 5.84. The number of carbonyl (C=O) groups is 1. The van der Waals surface area contributed by atoms with Gasteiger partial charge in [0.15, 0.2) is 0 Å². The smallest absolute Gasteiger partial charge is 0.220 e. The van der Waals surface area contributed by atoms with E-state index in [0.29, 0.717) is 13.0 Å². The first-order chi connectivity index (χ1) is 8.08. The number of nitrogens with two attached hydrogens (primary N) is 1. The van der Waals surface area contributed by atoms with Crippen molar-refractivity contribution in [3.63, 3.8) is 0 Å². The molecule has 0 bridgehead atoms. The number of halogens is 2. The molecule has 1 atom stereocenters. The largest absolute Gasteiger partial charge is 0.356 e. The number of aryl methyl sites for hydroxylation is 1. The summed E-state index contributed by atoms with van der Waals surface area (Å²) < 4.78 is 0. The fraction of sp³-hybridized carbons (Fsp3) is 0.462. The van der Waals surface area contributed by atoms with E-state index in [0.717, 1.165) is 23.4 Å². The van der Waals surface area contributed by atoms with Crippen LogP contribution in [0.4, 0.5) is 0 Å². The van der Waals surface area contributed by atoms with Gasteiger partial charge in [-0.25, -0.2) is 0 Å². The van der Waals surface area contributed by atoms with Crippen LogP contribution in [0, 0.1) is 0 Å². The molecule has 0 heterocycles. The second kappa shape index (κ2) is 9.20. The highest BCUT2D eigenvalue weighted by atomic mass is 35.5. The van der Waals surface area contributed by atoms with Crippen molar-refractivity contribution in [3.8, 4) is 0 Å². The third-order valence-corrected chi connectivity index (χ3v) is 2.73. The van der Waals surface area contributed by atoms with Gasteiger partial charge in [0.05, 0.1) is 0 Å². The summed E-state index contributed by atoms with van der Waals surface area (Å²) in [5, 5.41) is 3.57. The van der Waals surface area contributed by atoms with Crippen molar-refractivity contribution < 1.29 is 4.79 Å². The maximum atomic E-state index is 11.5. The van der Waals surface area contributed by atoms with Crippen LogP contribution in [0.15, 0.2) is 24.3 Å². The summed E-state index contributed by atoms with van der Waals surface area (Å²) >= 11 is 5.78. The maximum Gasteiger partial charge on any atom is 0.220 e. The molecule has 0 aromatic heterocycles. The normalized spacial score (nSPS) is 11.5. The topological polar surface area (TPSA) is 55.1 Å². The zero-order valence-electron chi connectivity index (χ0n) is 10.5. The molecule has 0 aliphatic carbocycles. The Kier molecular flexibility index (Phi) is 8.81. The quantitative estimate of drug-likeness (QED) is 0.846. The molecule has 0 aliphatic heterocycles. The molecular formula is C13H20Cl2N2O. The number of hydrogen-bond donors (Lipinski definition) is 2. The van der Waals surface area contributed by atoms with Crippen LogP contribution >= 0.6 is 24.0 Å². The molecule has 0 saturated heterocycles. The van der Waals surface area contributed by atoms with Crippen LogP contribution in [0.5, 0.6) is 0 Å². The summed E-state index contributed by atoms with van der Waals surface area (Å²) in [6.45, 7) is 2.58. The minimum Gasteiger partial charge on any atom is -0.356 e. The van der Waals surface area contributed by atoms with Crippen LogP contribution in [0.25, 0.3) is 0 Å². The molecule has 1 aromatic rings. The molecular weight excluding hydrogens is 271 g/mol. The van der Waals surface area contributed by atoms with Crippen LogP contribution < -0.4 is 11.1 Å². The van der Waals surface area contributed by atoms with Gasteiger partial charge in [0.1, 0.15) is 0 Å². The molecule has 1 amide bonds. The second-order valence-corrected chi connectivity index (χ2v) is 4.68. The summed E-state index contributed by atoms with van der Waals surface area (Å²) in [7, 11) is 0.